The number of rotatable bonds is 6. The molecule has 3 heterocycles. The van der Waals surface area contributed by atoms with Crippen LogP contribution < -0.4 is 0 Å². The molecule has 0 bridgehead atoms. The van der Waals surface area contributed by atoms with Crippen molar-refractivity contribution < 1.29 is 4.79 Å². The van der Waals surface area contributed by atoms with Crippen molar-refractivity contribution in [3.63, 3.8) is 0 Å². The third-order valence-electron chi connectivity index (χ3n) is 4.49. The standard InChI is InChI=1S/C17H20N4O/c1-2-3-8-17(19-20-17)9-6-16(22)21-11-7-15(13-21)14-5-4-10-18-12-14/h1,4-5,10,12,15H,3,6-9,11,13H2. The lowest BCUT2D eigenvalue weighted by atomic mass is 10.0. The van der Waals surface area contributed by atoms with Crippen LogP contribution in [0.2, 0.25) is 0 Å². The molecule has 3 rings (SSSR count). The number of nitrogens with zero attached hydrogens (tertiary/aromatic N) is 4. The second-order valence-electron chi connectivity index (χ2n) is 6.00. The molecular formula is C17H20N4O. The maximum Gasteiger partial charge on any atom is 0.222 e. The zero-order valence-corrected chi connectivity index (χ0v) is 12.6. The van der Waals surface area contributed by atoms with Crippen LogP contribution in [0.15, 0.2) is 34.8 Å². The molecule has 0 saturated carbocycles. The van der Waals surface area contributed by atoms with Crippen molar-refractivity contribution in [1.82, 2.24) is 9.88 Å². The van der Waals surface area contributed by atoms with E-state index in [4.69, 9.17) is 6.42 Å². The van der Waals surface area contributed by atoms with Gasteiger partial charge in [0.15, 0.2) is 5.66 Å². The summed E-state index contributed by atoms with van der Waals surface area (Å²) in [4.78, 5) is 18.5. The van der Waals surface area contributed by atoms with E-state index < -0.39 is 0 Å². The molecule has 1 atom stereocenters. The number of likely N-dealkylation sites (tertiary alicyclic amines) is 1. The van der Waals surface area contributed by atoms with Gasteiger partial charge in [0, 0.05) is 57.1 Å². The highest BCUT2D eigenvalue weighted by molar-refractivity contribution is 5.76. The zero-order valence-electron chi connectivity index (χ0n) is 12.6. The largest absolute Gasteiger partial charge is 0.342 e. The molecule has 1 aromatic rings. The fraction of sp³-hybridized carbons (Fsp3) is 0.529. The lowest BCUT2D eigenvalue weighted by Gasteiger charge is -2.17. The Hall–Kier alpha value is -2.22. The minimum absolute atomic E-state index is 0.198. The van der Waals surface area contributed by atoms with Crippen molar-refractivity contribution in [2.24, 2.45) is 10.2 Å². The van der Waals surface area contributed by atoms with Crippen molar-refractivity contribution in [3.8, 4) is 12.3 Å². The quantitative estimate of drug-likeness (QED) is 0.758. The molecule has 1 fully saturated rings. The molecule has 0 aromatic carbocycles. The van der Waals surface area contributed by atoms with Gasteiger partial charge in [-0.05, 0) is 18.1 Å². The Morgan fingerprint density at radius 1 is 1.45 bits per heavy atom. The summed E-state index contributed by atoms with van der Waals surface area (Å²) in [6.45, 7) is 1.61. The summed E-state index contributed by atoms with van der Waals surface area (Å²) in [7, 11) is 0. The van der Waals surface area contributed by atoms with Crippen molar-refractivity contribution in [1.29, 1.82) is 0 Å². The Balaban J connectivity index is 1.47. The lowest BCUT2D eigenvalue weighted by molar-refractivity contribution is -0.130. The van der Waals surface area contributed by atoms with Gasteiger partial charge in [-0.15, -0.1) is 12.3 Å². The van der Waals surface area contributed by atoms with Crippen LogP contribution >= 0.6 is 0 Å². The van der Waals surface area contributed by atoms with Crippen LogP contribution in [0.25, 0.3) is 0 Å². The van der Waals surface area contributed by atoms with E-state index in [2.05, 4.69) is 27.2 Å². The van der Waals surface area contributed by atoms with E-state index in [-0.39, 0.29) is 11.6 Å². The topological polar surface area (TPSA) is 57.9 Å². The first-order valence-electron chi connectivity index (χ1n) is 7.78. The van der Waals surface area contributed by atoms with E-state index in [0.717, 1.165) is 25.9 Å². The second kappa shape index (κ2) is 6.27. The molecule has 2 aliphatic heterocycles. The monoisotopic (exact) mass is 296 g/mol. The van der Waals surface area contributed by atoms with Gasteiger partial charge in [-0.25, -0.2) is 0 Å². The van der Waals surface area contributed by atoms with Gasteiger partial charge in [0.1, 0.15) is 0 Å². The van der Waals surface area contributed by atoms with Gasteiger partial charge in [-0.2, -0.15) is 10.2 Å². The van der Waals surface area contributed by atoms with Crippen LogP contribution in [0.3, 0.4) is 0 Å². The van der Waals surface area contributed by atoms with Gasteiger partial charge in [0.05, 0.1) is 0 Å². The summed E-state index contributed by atoms with van der Waals surface area (Å²) in [6.07, 6.45) is 12.6. The normalized spacial score (nSPS) is 21.6. The van der Waals surface area contributed by atoms with Gasteiger partial charge in [-0.3, -0.25) is 9.78 Å². The van der Waals surface area contributed by atoms with Crippen LogP contribution in [0.1, 0.15) is 43.6 Å². The number of pyridine rings is 1. The first kappa shape index (κ1) is 14.7. The van der Waals surface area contributed by atoms with E-state index in [1.54, 1.807) is 6.20 Å². The van der Waals surface area contributed by atoms with Crippen molar-refractivity contribution >= 4 is 5.91 Å². The molecule has 1 saturated heterocycles. The molecule has 22 heavy (non-hydrogen) atoms. The van der Waals surface area contributed by atoms with E-state index in [0.29, 0.717) is 25.2 Å². The van der Waals surface area contributed by atoms with Crippen molar-refractivity contribution in [3.05, 3.63) is 30.1 Å². The molecule has 0 radical (unpaired) electrons. The van der Waals surface area contributed by atoms with Gasteiger partial charge in [0.25, 0.3) is 0 Å². The van der Waals surface area contributed by atoms with Gasteiger partial charge in [0.2, 0.25) is 5.91 Å². The van der Waals surface area contributed by atoms with E-state index in [9.17, 15) is 4.79 Å². The van der Waals surface area contributed by atoms with Crippen LogP contribution in [-0.4, -0.2) is 34.5 Å². The molecule has 0 spiro atoms. The van der Waals surface area contributed by atoms with E-state index >= 15 is 0 Å². The second-order valence-corrected chi connectivity index (χ2v) is 6.00. The minimum atomic E-state index is -0.357. The number of amides is 1. The predicted octanol–water partition coefficient (Wildman–Crippen LogP) is 2.75. The number of aromatic nitrogens is 1. The minimum Gasteiger partial charge on any atom is -0.342 e. The van der Waals surface area contributed by atoms with E-state index in [1.165, 1.54) is 5.56 Å². The summed E-state index contributed by atoms with van der Waals surface area (Å²) in [5, 5.41) is 8.17. The van der Waals surface area contributed by atoms with Crippen LogP contribution in [0.5, 0.6) is 0 Å². The summed E-state index contributed by atoms with van der Waals surface area (Å²) in [5.74, 6) is 3.21. The third kappa shape index (κ3) is 3.33. The molecule has 0 aliphatic carbocycles. The highest BCUT2D eigenvalue weighted by Crippen LogP contribution is 2.38. The predicted molar refractivity (Wildman–Crippen MR) is 83.1 cm³/mol. The van der Waals surface area contributed by atoms with Gasteiger partial charge in [-0.1, -0.05) is 6.07 Å². The van der Waals surface area contributed by atoms with Crippen LogP contribution in [0, 0.1) is 12.3 Å². The third-order valence-corrected chi connectivity index (χ3v) is 4.49. The fourth-order valence-corrected chi connectivity index (χ4v) is 3.01. The summed E-state index contributed by atoms with van der Waals surface area (Å²) in [6, 6.07) is 4.04. The van der Waals surface area contributed by atoms with Gasteiger partial charge < -0.3 is 4.90 Å². The Morgan fingerprint density at radius 2 is 2.32 bits per heavy atom. The molecule has 5 heteroatoms. The molecule has 5 nitrogen and oxygen atoms in total. The SMILES string of the molecule is C#CCCC1(CCC(=O)N2CCC(c3cccnc3)C2)N=N1. The number of hydrogen-bond acceptors (Lipinski definition) is 4. The van der Waals surface area contributed by atoms with Gasteiger partial charge >= 0.3 is 0 Å². The average Bonchev–Trinajstić information content (AvgIpc) is 3.16. The summed E-state index contributed by atoms with van der Waals surface area (Å²) in [5.41, 5.74) is 0.861. The molecule has 1 amide bonds. The molecule has 1 aromatic heterocycles. The number of carbonyl (C=O) groups is 1. The number of hydrogen-bond donors (Lipinski definition) is 0. The highest BCUT2D eigenvalue weighted by Gasteiger charge is 2.40. The molecular weight excluding hydrogens is 276 g/mol. The number of carbonyl (C=O) groups excluding carboxylic acids is 1. The average molecular weight is 296 g/mol. The fourth-order valence-electron chi connectivity index (χ4n) is 3.01. The highest BCUT2D eigenvalue weighted by atomic mass is 16.2. The van der Waals surface area contributed by atoms with E-state index in [1.807, 2.05) is 17.2 Å². The van der Waals surface area contributed by atoms with Crippen molar-refractivity contribution in [2.75, 3.05) is 13.1 Å². The summed E-state index contributed by atoms with van der Waals surface area (Å²) >= 11 is 0. The molecule has 1 unspecified atom stereocenters. The van der Waals surface area contributed by atoms with Crippen LogP contribution in [0.4, 0.5) is 0 Å². The lowest BCUT2D eigenvalue weighted by Crippen LogP contribution is -2.29. The Kier molecular flexibility index (Phi) is 4.19. The molecule has 2 aliphatic rings. The van der Waals surface area contributed by atoms with Crippen LogP contribution in [-0.2, 0) is 4.79 Å². The maximum atomic E-state index is 12.4. The Morgan fingerprint density at radius 3 is 3.00 bits per heavy atom. The molecule has 114 valence electrons. The van der Waals surface area contributed by atoms with Crippen molar-refractivity contribution in [2.45, 2.75) is 43.7 Å². The Labute approximate surface area is 130 Å². The first-order chi connectivity index (χ1) is 10.7. The summed E-state index contributed by atoms with van der Waals surface area (Å²) < 4.78 is 0. The first-order valence-corrected chi connectivity index (χ1v) is 7.78. The molecule has 0 N–H and O–H groups in total. The Bertz CT molecular complexity index is 599. The number of terminal acetylenes is 1. The maximum absolute atomic E-state index is 12.4. The zero-order chi connectivity index (χ0) is 15.4. The smallest absolute Gasteiger partial charge is 0.222 e.